The molecular weight excluding hydrogens is 362 g/mol. The van der Waals surface area contributed by atoms with Crippen molar-refractivity contribution in [2.24, 2.45) is 10.7 Å². The second-order valence-electron chi connectivity index (χ2n) is 7.64. The second kappa shape index (κ2) is 9.76. The van der Waals surface area contributed by atoms with Crippen LogP contribution in [0.3, 0.4) is 0 Å². The molecule has 0 amide bonds. The van der Waals surface area contributed by atoms with Crippen LogP contribution in [0.25, 0.3) is 0 Å². The fourth-order valence-corrected chi connectivity index (χ4v) is 3.97. The van der Waals surface area contributed by atoms with Gasteiger partial charge in [0.15, 0.2) is 5.96 Å². The molecule has 6 heteroatoms. The molecule has 2 fully saturated rings. The highest BCUT2D eigenvalue weighted by atomic mass is 16.5. The molecule has 0 saturated carbocycles. The fourth-order valence-electron chi connectivity index (χ4n) is 3.97. The Morgan fingerprint density at radius 3 is 2.21 bits per heavy atom. The number of nitrogens with two attached hydrogens (primary N) is 1. The van der Waals surface area contributed by atoms with Crippen LogP contribution >= 0.6 is 0 Å². The number of piperazine rings is 1. The van der Waals surface area contributed by atoms with E-state index in [1.165, 1.54) is 16.8 Å². The van der Waals surface area contributed by atoms with Crippen molar-refractivity contribution in [2.45, 2.75) is 13.1 Å². The quantitative estimate of drug-likeness (QED) is 0.623. The van der Waals surface area contributed by atoms with Gasteiger partial charge in [-0.1, -0.05) is 42.5 Å². The summed E-state index contributed by atoms with van der Waals surface area (Å²) in [6, 6.07) is 19.3. The molecule has 2 aliphatic heterocycles. The summed E-state index contributed by atoms with van der Waals surface area (Å²) >= 11 is 0. The first-order valence-electron chi connectivity index (χ1n) is 10.5. The van der Waals surface area contributed by atoms with E-state index in [1.54, 1.807) is 0 Å². The van der Waals surface area contributed by atoms with Gasteiger partial charge in [-0.15, -0.1) is 0 Å². The number of nitrogens with zero attached hydrogens (tertiary/aromatic N) is 4. The lowest BCUT2D eigenvalue weighted by Gasteiger charge is -2.36. The number of ether oxygens (including phenoxy) is 1. The third-order valence-electron chi connectivity index (χ3n) is 5.75. The molecule has 4 rings (SSSR count). The van der Waals surface area contributed by atoms with Crippen LogP contribution < -0.4 is 10.6 Å². The Hall–Kier alpha value is -2.57. The minimum Gasteiger partial charge on any atom is -0.378 e. The van der Waals surface area contributed by atoms with E-state index in [0.717, 1.165) is 59.0 Å². The standard InChI is InChI=1S/C23H31N5O/c24-23(28-14-16-29-17-15-28)25-18-20-6-4-5-7-21(20)19-26-10-12-27(13-11-26)22-8-2-1-3-9-22/h1-9H,10-19H2,(H2,24,25). The van der Waals surface area contributed by atoms with E-state index < -0.39 is 0 Å². The summed E-state index contributed by atoms with van der Waals surface area (Å²) in [5.74, 6) is 0.625. The minimum atomic E-state index is 0.625. The molecule has 0 spiro atoms. The van der Waals surface area contributed by atoms with E-state index in [0.29, 0.717) is 12.5 Å². The summed E-state index contributed by atoms with van der Waals surface area (Å²) in [7, 11) is 0. The van der Waals surface area contributed by atoms with Gasteiger partial charge in [0.25, 0.3) is 0 Å². The van der Waals surface area contributed by atoms with E-state index in [-0.39, 0.29) is 0 Å². The highest BCUT2D eigenvalue weighted by molar-refractivity contribution is 5.78. The summed E-state index contributed by atoms with van der Waals surface area (Å²) in [5.41, 5.74) is 10.1. The van der Waals surface area contributed by atoms with Crippen LogP contribution in [0.15, 0.2) is 59.6 Å². The van der Waals surface area contributed by atoms with Gasteiger partial charge in [0.1, 0.15) is 0 Å². The number of rotatable bonds is 5. The van der Waals surface area contributed by atoms with Crippen LogP contribution in [0, 0.1) is 0 Å². The SMILES string of the molecule is NC(=NCc1ccccc1CN1CCN(c2ccccc2)CC1)N1CCOCC1. The van der Waals surface area contributed by atoms with Crippen LogP contribution in [-0.4, -0.2) is 68.2 Å². The van der Waals surface area contributed by atoms with E-state index in [2.05, 4.69) is 74.3 Å². The van der Waals surface area contributed by atoms with Gasteiger partial charge in [-0.2, -0.15) is 0 Å². The van der Waals surface area contributed by atoms with Crippen molar-refractivity contribution in [2.75, 3.05) is 57.4 Å². The Labute approximate surface area is 173 Å². The molecule has 0 aliphatic carbocycles. The zero-order chi connectivity index (χ0) is 19.9. The molecule has 154 valence electrons. The first kappa shape index (κ1) is 19.7. The molecule has 0 radical (unpaired) electrons. The Balaban J connectivity index is 1.34. The Morgan fingerprint density at radius 1 is 0.828 bits per heavy atom. The van der Waals surface area contributed by atoms with Gasteiger partial charge in [-0.05, 0) is 23.3 Å². The number of guanidine groups is 1. The van der Waals surface area contributed by atoms with Gasteiger partial charge in [0.05, 0.1) is 19.8 Å². The molecule has 6 nitrogen and oxygen atoms in total. The van der Waals surface area contributed by atoms with Gasteiger partial charge < -0.3 is 20.3 Å². The Bertz CT molecular complexity index is 796. The van der Waals surface area contributed by atoms with E-state index in [9.17, 15) is 0 Å². The molecule has 29 heavy (non-hydrogen) atoms. The number of hydrogen-bond donors (Lipinski definition) is 1. The summed E-state index contributed by atoms with van der Waals surface area (Å²) < 4.78 is 5.39. The number of morpholine rings is 1. The third kappa shape index (κ3) is 5.28. The van der Waals surface area contributed by atoms with Gasteiger partial charge >= 0.3 is 0 Å². The highest BCUT2D eigenvalue weighted by Gasteiger charge is 2.18. The van der Waals surface area contributed by atoms with Crippen LogP contribution in [0.1, 0.15) is 11.1 Å². The number of benzene rings is 2. The van der Waals surface area contributed by atoms with Crippen LogP contribution in [0.5, 0.6) is 0 Å². The van der Waals surface area contributed by atoms with E-state index in [4.69, 9.17) is 10.5 Å². The molecule has 0 aromatic heterocycles. The molecule has 0 atom stereocenters. The van der Waals surface area contributed by atoms with Crippen LogP contribution in [0.4, 0.5) is 5.69 Å². The second-order valence-corrected chi connectivity index (χ2v) is 7.64. The average Bonchev–Trinajstić information content (AvgIpc) is 2.80. The molecule has 0 unspecified atom stereocenters. The summed E-state index contributed by atoms with van der Waals surface area (Å²) in [4.78, 5) is 11.8. The predicted octanol–water partition coefficient (Wildman–Crippen LogP) is 2.16. The lowest BCUT2D eigenvalue weighted by molar-refractivity contribution is 0.0674. The molecule has 2 aromatic carbocycles. The number of hydrogen-bond acceptors (Lipinski definition) is 4. The van der Waals surface area contributed by atoms with Gasteiger partial charge in [0, 0.05) is 51.5 Å². The maximum atomic E-state index is 6.21. The van der Waals surface area contributed by atoms with Crippen molar-refractivity contribution in [1.29, 1.82) is 0 Å². The average molecular weight is 394 g/mol. The predicted molar refractivity (Wildman–Crippen MR) is 118 cm³/mol. The van der Waals surface area contributed by atoms with Crippen LogP contribution in [0.2, 0.25) is 0 Å². The van der Waals surface area contributed by atoms with E-state index >= 15 is 0 Å². The number of anilines is 1. The van der Waals surface area contributed by atoms with Crippen molar-refractivity contribution >= 4 is 11.6 Å². The monoisotopic (exact) mass is 393 g/mol. The summed E-state index contributed by atoms with van der Waals surface area (Å²) in [6.07, 6.45) is 0. The van der Waals surface area contributed by atoms with Crippen LogP contribution in [-0.2, 0) is 17.8 Å². The van der Waals surface area contributed by atoms with Gasteiger partial charge in [-0.3, -0.25) is 4.90 Å². The maximum Gasteiger partial charge on any atom is 0.191 e. The van der Waals surface area contributed by atoms with Crippen molar-refractivity contribution in [3.63, 3.8) is 0 Å². The molecule has 2 aliphatic rings. The topological polar surface area (TPSA) is 57.3 Å². The lowest BCUT2D eigenvalue weighted by Crippen LogP contribution is -2.46. The first-order valence-corrected chi connectivity index (χ1v) is 10.5. The van der Waals surface area contributed by atoms with E-state index in [1.807, 2.05) is 0 Å². The summed E-state index contributed by atoms with van der Waals surface area (Å²) in [5, 5.41) is 0. The minimum absolute atomic E-state index is 0.625. The molecule has 2 aromatic rings. The Morgan fingerprint density at radius 2 is 1.48 bits per heavy atom. The maximum absolute atomic E-state index is 6.21. The van der Waals surface area contributed by atoms with Crippen molar-refractivity contribution in [3.05, 3.63) is 65.7 Å². The highest BCUT2D eigenvalue weighted by Crippen LogP contribution is 2.18. The molecule has 2 N–H and O–H groups in total. The normalized spacial score (nSPS) is 18.8. The largest absolute Gasteiger partial charge is 0.378 e. The fraction of sp³-hybridized carbons (Fsp3) is 0.435. The zero-order valence-electron chi connectivity index (χ0n) is 17.0. The van der Waals surface area contributed by atoms with Gasteiger partial charge in [0.2, 0.25) is 0 Å². The number of aliphatic imine (C=N–C) groups is 1. The zero-order valence-corrected chi connectivity index (χ0v) is 17.0. The smallest absolute Gasteiger partial charge is 0.191 e. The molecule has 2 saturated heterocycles. The molecule has 2 heterocycles. The van der Waals surface area contributed by atoms with Crippen molar-refractivity contribution in [3.8, 4) is 0 Å². The van der Waals surface area contributed by atoms with Crippen molar-refractivity contribution in [1.82, 2.24) is 9.80 Å². The first-order chi connectivity index (χ1) is 14.3. The molecular formula is C23H31N5O. The molecule has 0 bridgehead atoms. The van der Waals surface area contributed by atoms with Gasteiger partial charge in [-0.25, -0.2) is 4.99 Å². The third-order valence-corrected chi connectivity index (χ3v) is 5.75. The summed E-state index contributed by atoms with van der Waals surface area (Å²) in [6.45, 7) is 8.96. The lowest BCUT2D eigenvalue weighted by atomic mass is 10.1. The number of para-hydroxylation sites is 1. The van der Waals surface area contributed by atoms with Crippen molar-refractivity contribution < 1.29 is 4.74 Å². The Kier molecular flexibility index (Phi) is 6.64.